The lowest BCUT2D eigenvalue weighted by Gasteiger charge is -2.11. The minimum Gasteiger partial charge on any atom is -0.366 e. The highest BCUT2D eigenvalue weighted by molar-refractivity contribution is 9.10. The molecule has 76 valence electrons. The Morgan fingerprint density at radius 1 is 1.50 bits per heavy atom. The lowest BCUT2D eigenvalue weighted by Crippen LogP contribution is -2.16. The maximum Gasteiger partial charge on any atom is 0.251 e. The van der Waals surface area contributed by atoms with Gasteiger partial charge in [0.15, 0.2) is 0 Å². The number of nitrogens with zero attached hydrogens (tertiary/aromatic N) is 1. The fraction of sp³-hybridized carbons (Fsp3) is 0.400. The predicted octanol–water partition coefficient (Wildman–Crippen LogP) is 2.12. The second-order valence-corrected chi connectivity index (χ2v) is 3.94. The Kier molecular flexibility index (Phi) is 3.26. The minimum atomic E-state index is -0.434. The van der Waals surface area contributed by atoms with Crippen LogP contribution < -0.4 is 5.73 Å². The van der Waals surface area contributed by atoms with E-state index in [9.17, 15) is 4.79 Å². The molecule has 0 aliphatic carbocycles. The molecule has 0 spiro atoms. The Labute approximate surface area is 91.8 Å². The number of carbonyl (C=O) groups is 1. The van der Waals surface area contributed by atoms with Crippen LogP contribution in [-0.2, 0) is 6.42 Å². The third-order valence-electron chi connectivity index (χ3n) is 2.34. The zero-order valence-corrected chi connectivity index (χ0v) is 10.1. The fourth-order valence-corrected chi connectivity index (χ4v) is 2.41. The van der Waals surface area contributed by atoms with Gasteiger partial charge in [0.25, 0.3) is 5.91 Å². The predicted molar refractivity (Wildman–Crippen MR) is 59.3 cm³/mol. The number of carbonyl (C=O) groups excluding carboxylic acids is 1. The van der Waals surface area contributed by atoms with E-state index in [1.165, 1.54) is 0 Å². The molecule has 0 aliphatic heterocycles. The van der Waals surface area contributed by atoms with Crippen LogP contribution in [0.5, 0.6) is 0 Å². The molecule has 1 amide bonds. The van der Waals surface area contributed by atoms with E-state index in [2.05, 4.69) is 20.9 Å². The van der Waals surface area contributed by atoms with E-state index in [1.807, 2.05) is 20.8 Å². The van der Waals surface area contributed by atoms with Crippen molar-refractivity contribution in [3.63, 3.8) is 0 Å². The van der Waals surface area contributed by atoms with Crippen molar-refractivity contribution in [2.45, 2.75) is 27.2 Å². The van der Waals surface area contributed by atoms with Gasteiger partial charge in [-0.1, -0.05) is 6.92 Å². The molecule has 14 heavy (non-hydrogen) atoms. The van der Waals surface area contributed by atoms with Crippen LogP contribution in [0.3, 0.4) is 0 Å². The van der Waals surface area contributed by atoms with Crippen molar-refractivity contribution in [2.24, 2.45) is 5.73 Å². The van der Waals surface area contributed by atoms with Gasteiger partial charge in [-0.05, 0) is 47.3 Å². The summed E-state index contributed by atoms with van der Waals surface area (Å²) < 4.78 is 0.539. The number of rotatable bonds is 2. The molecule has 1 heterocycles. The van der Waals surface area contributed by atoms with E-state index in [4.69, 9.17) is 5.73 Å². The van der Waals surface area contributed by atoms with Crippen LogP contribution in [0.2, 0.25) is 0 Å². The van der Waals surface area contributed by atoms with Crippen molar-refractivity contribution in [3.8, 4) is 0 Å². The largest absolute Gasteiger partial charge is 0.366 e. The normalized spacial score (nSPS) is 10.3. The lowest BCUT2D eigenvalue weighted by molar-refractivity contribution is 0.0998. The van der Waals surface area contributed by atoms with E-state index in [1.54, 1.807) is 0 Å². The quantitative estimate of drug-likeness (QED) is 0.825. The number of nitrogens with two attached hydrogens (primary N) is 1. The first-order valence-electron chi connectivity index (χ1n) is 4.44. The van der Waals surface area contributed by atoms with E-state index in [0.29, 0.717) is 10.2 Å². The molecule has 0 fully saturated rings. The molecule has 0 saturated heterocycles. The van der Waals surface area contributed by atoms with Crippen molar-refractivity contribution in [1.29, 1.82) is 0 Å². The highest BCUT2D eigenvalue weighted by Gasteiger charge is 2.15. The first-order chi connectivity index (χ1) is 6.49. The summed E-state index contributed by atoms with van der Waals surface area (Å²) in [4.78, 5) is 15.4. The second-order valence-electron chi connectivity index (χ2n) is 3.18. The van der Waals surface area contributed by atoms with Gasteiger partial charge in [-0.2, -0.15) is 0 Å². The third-order valence-corrected chi connectivity index (χ3v) is 2.91. The fourth-order valence-electron chi connectivity index (χ4n) is 1.66. The molecule has 4 heteroatoms. The van der Waals surface area contributed by atoms with Gasteiger partial charge < -0.3 is 5.73 Å². The van der Waals surface area contributed by atoms with Crippen molar-refractivity contribution >= 4 is 21.8 Å². The SMILES string of the molecule is CCc1c(C)nc(Br)c(C(N)=O)c1C. The number of hydrogen-bond donors (Lipinski definition) is 1. The molecule has 1 rings (SSSR count). The monoisotopic (exact) mass is 256 g/mol. The molecule has 0 aromatic carbocycles. The maximum atomic E-state index is 11.2. The Bertz CT molecular complexity index is 388. The Morgan fingerprint density at radius 3 is 2.50 bits per heavy atom. The van der Waals surface area contributed by atoms with E-state index < -0.39 is 5.91 Å². The van der Waals surface area contributed by atoms with Crippen molar-refractivity contribution in [3.05, 3.63) is 27.0 Å². The number of aryl methyl sites for hydroxylation is 1. The maximum absolute atomic E-state index is 11.2. The van der Waals surface area contributed by atoms with Gasteiger partial charge in [0.2, 0.25) is 0 Å². The lowest BCUT2D eigenvalue weighted by atomic mass is 10.0. The smallest absolute Gasteiger partial charge is 0.251 e. The van der Waals surface area contributed by atoms with Gasteiger partial charge >= 0.3 is 0 Å². The van der Waals surface area contributed by atoms with Crippen LogP contribution in [0.15, 0.2) is 4.60 Å². The van der Waals surface area contributed by atoms with Crippen molar-refractivity contribution < 1.29 is 4.79 Å². The summed E-state index contributed by atoms with van der Waals surface area (Å²) in [5.41, 5.74) is 8.75. The zero-order valence-electron chi connectivity index (χ0n) is 8.52. The molecule has 0 bridgehead atoms. The van der Waals surface area contributed by atoms with Crippen LogP contribution in [0.1, 0.15) is 34.1 Å². The van der Waals surface area contributed by atoms with Gasteiger partial charge in [-0.15, -0.1) is 0 Å². The summed E-state index contributed by atoms with van der Waals surface area (Å²) in [5, 5.41) is 0. The summed E-state index contributed by atoms with van der Waals surface area (Å²) in [6.07, 6.45) is 0.859. The molecular formula is C10H13BrN2O. The van der Waals surface area contributed by atoms with Gasteiger partial charge in [0, 0.05) is 5.69 Å². The van der Waals surface area contributed by atoms with E-state index >= 15 is 0 Å². The molecule has 2 N–H and O–H groups in total. The number of pyridine rings is 1. The molecular weight excluding hydrogens is 244 g/mol. The minimum absolute atomic E-state index is 0.434. The molecule has 1 aromatic rings. The van der Waals surface area contributed by atoms with Gasteiger partial charge in [-0.3, -0.25) is 4.79 Å². The number of primary amides is 1. The standard InChI is InChI=1S/C10H13BrN2O/c1-4-7-5(2)8(10(12)14)9(11)13-6(7)3/h4H2,1-3H3,(H2,12,14). The Morgan fingerprint density at radius 2 is 2.07 bits per heavy atom. The average molecular weight is 257 g/mol. The number of aromatic nitrogens is 1. The zero-order chi connectivity index (χ0) is 10.9. The van der Waals surface area contributed by atoms with Crippen LogP contribution in [0, 0.1) is 13.8 Å². The number of halogens is 1. The Balaban J connectivity index is 3.52. The molecule has 3 nitrogen and oxygen atoms in total. The average Bonchev–Trinajstić information content (AvgIpc) is 2.02. The number of amides is 1. The van der Waals surface area contributed by atoms with Gasteiger partial charge in [0.05, 0.1) is 5.56 Å². The number of hydrogen-bond acceptors (Lipinski definition) is 2. The van der Waals surface area contributed by atoms with Gasteiger partial charge in [0.1, 0.15) is 4.60 Å². The summed E-state index contributed by atoms with van der Waals surface area (Å²) in [7, 11) is 0. The van der Waals surface area contributed by atoms with Crippen molar-refractivity contribution in [1.82, 2.24) is 4.98 Å². The second kappa shape index (κ2) is 4.09. The third kappa shape index (κ3) is 1.80. The first-order valence-corrected chi connectivity index (χ1v) is 5.23. The van der Waals surface area contributed by atoms with E-state index in [0.717, 1.165) is 23.2 Å². The van der Waals surface area contributed by atoms with Gasteiger partial charge in [-0.25, -0.2) is 4.98 Å². The van der Waals surface area contributed by atoms with Crippen LogP contribution in [0.4, 0.5) is 0 Å². The van der Waals surface area contributed by atoms with Crippen LogP contribution in [-0.4, -0.2) is 10.9 Å². The first kappa shape index (κ1) is 11.2. The Hall–Kier alpha value is -0.900. The summed E-state index contributed by atoms with van der Waals surface area (Å²) >= 11 is 3.25. The molecule has 0 atom stereocenters. The summed E-state index contributed by atoms with van der Waals surface area (Å²) in [6, 6.07) is 0. The van der Waals surface area contributed by atoms with E-state index in [-0.39, 0.29) is 0 Å². The molecule has 1 aromatic heterocycles. The van der Waals surface area contributed by atoms with Crippen molar-refractivity contribution in [2.75, 3.05) is 0 Å². The molecule has 0 unspecified atom stereocenters. The topological polar surface area (TPSA) is 56.0 Å². The molecule has 0 saturated carbocycles. The van der Waals surface area contributed by atoms with Crippen LogP contribution in [0.25, 0.3) is 0 Å². The summed E-state index contributed by atoms with van der Waals surface area (Å²) in [6.45, 7) is 5.87. The highest BCUT2D eigenvalue weighted by Crippen LogP contribution is 2.23. The molecule has 0 aliphatic rings. The highest BCUT2D eigenvalue weighted by atomic mass is 79.9. The molecule has 0 radical (unpaired) electrons. The van der Waals surface area contributed by atoms with Crippen LogP contribution >= 0.6 is 15.9 Å². The summed E-state index contributed by atoms with van der Waals surface area (Å²) in [5.74, 6) is -0.434.